The van der Waals surface area contributed by atoms with Gasteiger partial charge in [0, 0.05) is 12.1 Å². The fraction of sp³-hybridized carbons (Fsp3) is 0.429. The number of phenolic OH excluding ortho intramolecular Hbond substituents is 1. The Bertz CT molecular complexity index is 810. The molecule has 1 aromatic carbocycles. The number of carbonyl (C=O) groups is 1. The summed E-state index contributed by atoms with van der Waals surface area (Å²) in [6.07, 6.45) is 0.542. The number of carboxylic acids is 1. The van der Waals surface area contributed by atoms with Crippen LogP contribution in [0, 0.1) is 0 Å². The lowest BCUT2D eigenvalue weighted by Crippen LogP contribution is -2.18. The van der Waals surface area contributed by atoms with E-state index in [-0.39, 0.29) is 21.4 Å². The van der Waals surface area contributed by atoms with Crippen LogP contribution in [0.3, 0.4) is 0 Å². The lowest BCUT2D eigenvalue weighted by molar-refractivity contribution is 0.0692. The van der Waals surface area contributed by atoms with Crippen molar-refractivity contribution in [1.29, 1.82) is 0 Å². The van der Waals surface area contributed by atoms with E-state index in [4.69, 9.17) is 5.11 Å². The van der Waals surface area contributed by atoms with E-state index in [0.717, 1.165) is 22.4 Å². The number of carboxylic acid groups (broad SMARTS) is 1. The summed E-state index contributed by atoms with van der Waals surface area (Å²) in [5.74, 6) is -0.693. The molecule has 0 aliphatic rings. The van der Waals surface area contributed by atoms with E-state index < -0.39 is 5.97 Å². The average molecular weight is 374 g/mol. The van der Waals surface area contributed by atoms with Gasteiger partial charge in [0.1, 0.15) is 10.8 Å². The van der Waals surface area contributed by atoms with Crippen LogP contribution in [0.25, 0.3) is 0 Å². The fourth-order valence-electron chi connectivity index (χ4n) is 2.90. The first-order valence-corrected chi connectivity index (χ1v) is 9.04. The van der Waals surface area contributed by atoms with E-state index in [1.807, 2.05) is 12.1 Å². The largest absolute Gasteiger partial charge is 0.507 e. The number of aromatic hydroxyl groups is 1. The van der Waals surface area contributed by atoms with Gasteiger partial charge in [0.25, 0.3) is 0 Å². The van der Waals surface area contributed by atoms with Crippen molar-refractivity contribution in [2.75, 3.05) is 0 Å². The maximum atomic E-state index is 11.1. The number of thiol groups is 1. The van der Waals surface area contributed by atoms with Crippen molar-refractivity contribution in [2.45, 2.75) is 63.8 Å². The minimum absolute atomic E-state index is 0.0913. The average Bonchev–Trinajstić information content (AvgIpc) is 2.46. The van der Waals surface area contributed by atoms with Crippen molar-refractivity contribution in [2.24, 2.45) is 0 Å². The molecule has 2 rings (SSSR count). The first-order valence-electron chi connectivity index (χ1n) is 8.59. The van der Waals surface area contributed by atoms with Gasteiger partial charge in [-0.3, -0.25) is 0 Å². The number of aromatic nitrogens is 1. The molecule has 0 bridgehead atoms. The maximum Gasteiger partial charge on any atom is 0.338 e. The third kappa shape index (κ3) is 4.39. The summed E-state index contributed by atoms with van der Waals surface area (Å²) in [6.45, 7) is 12.4. The summed E-state index contributed by atoms with van der Waals surface area (Å²) in [5.41, 5.74) is 3.26. The Hall–Kier alpha value is -2.01. The highest BCUT2D eigenvalue weighted by Gasteiger charge is 2.26. The van der Waals surface area contributed by atoms with Crippen LogP contribution in [0.5, 0.6) is 5.75 Å². The quantitative estimate of drug-likeness (QED) is 0.665. The second-order valence-electron chi connectivity index (χ2n) is 8.70. The number of hydrogen-bond acceptors (Lipinski definition) is 4. The molecule has 0 fully saturated rings. The van der Waals surface area contributed by atoms with Crippen LogP contribution < -0.4 is 0 Å². The van der Waals surface area contributed by atoms with Gasteiger partial charge in [0.05, 0.1) is 5.56 Å². The van der Waals surface area contributed by atoms with E-state index in [1.54, 1.807) is 6.07 Å². The fourth-order valence-corrected chi connectivity index (χ4v) is 3.20. The minimum Gasteiger partial charge on any atom is -0.507 e. The number of hydrogen-bond donors (Lipinski definition) is 3. The molecular formula is C21H27NO3S. The highest BCUT2D eigenvalue weighted by molar-refractivity contribution is 7.80. The number of phenols is 1. The molecule has 2 aromatic rings. The van der Waals surface area contributed by atoms with E-state index in [1.165, 1.54) is 6.07 Å². The van der Waals surface area contributed by atoms with E-state index in [0.29, 0.717) is 12.2 Å². The smallest absolute Gasteiger partial charge is 0.338 e. The molecule has 0 aliphatic heterocycles. The van der Waals surface area contributed by atoms with E-state index in [2.05, 4.69) is 59.2 Å². The lowest BCUT2D eigenvalue weighted by atomic mass is 9.78. The summed E-state index contributed by atoms with van der Waals surface area (Å²) in [4.78, 5) is 15.4. The standard InChI is InChI=1S/C21H27NO3S/c1-20(2,3)15-10-12(11-16(17(15)23)21(4,5)6)9-13-7-8-14(19(24)25)18(26)22-13/h7-8,10-11,23H,9H2,1-6H3,(H,22,26)(H,24,25). The molecule has 0 radical (unpaired) electrons. The predicted octanol–water partition coefficient (Wildman–Crippen LogP) is 4.96. The molecule has 1 aromatic heterocycles. The van der Waals surface area contributed by atoms with Gasteiger partial charge in [-0.05, 0) is 39.7 Å². The number of benzene rings is 1. The third-order valence-corrected chi connectivity index (χ3v) is 4.68. The van der Waals surface area contributed by atoms with Crippen molar-refractivity contribution >= 4 is 18.6 Å². The van der Waals surface area contributed by atoms with Gasteiger partial charge in [-0.25, -0.2) is 9.78 Å². The molecule has 4 nitrogen and oxygen atoms in total. The van der Waals surface area contributed by atoms with Crippen LogP contribution >= 0.6 is 12.6 Å². The molecule has 26 heavy (non-hydrogen) atoms. The first-order chi connectivity index (χ1) is 11.8. The summed E-state index contributed by atoms with van der Waals surface area (Å²) in [5, 5.41) is 20.1. The first kappa shape index (κ1) is 20.3. The molecule has 0 saturated carbocycles. The molecule has 0 amide bonds. The Morgan fingerprint density at radius 2 is 1.54 bits per heavy atom. The van der Waals surface area contributed by atoms with Crippen LogP contribution in [0.2, 0.25) is 0 Å². The molecular weight excluding hydrogens is 346 g/mol. The summed E-state index contributed by atoms with van der Waals surface area (Å²) in [7, 11) is 0. The second-order valence-corrected chi connectivity index (χ2v) is 9.12. The Labute approximate surface area is 160 Å². The topological polar surface area (TPSA) is 70.4 Å². The summed E-state index contributed by atoms with van der Waals surface area (Å²) in [6, 6.07) is 7.26. The van der Waals surface area contributed by atoms with Crippen LogP contribution in [0.15, 0.2) is 29.3 Å². The van der Waals surface area contributed by atoms with Crippen LogP contribution in [-0.2, 0) is 17.3 Å². The van der Waals surface area contributed by atoms with E-state index in [9.17, 15) is 9.90 Å². The molecule has 5 heteroatoms. The normalized spacial score (nSPS) is 12.3. The SMILES string of the molecule is CC(C)(C)c1cc(Cc2ccc(C(=O)O)c(S)n2)cc(C(C)(C)C)c1O. The highest BCUT2D eigenvalue weighted by atomic mass is 32.1. The molecule has 0 spiro atoms. The Balaban J connectivity index is 2.53. The number of aromatic carboxylic acids is 1. The number of rotatable bonds is 3. The summed E-state index contributed by atoms with van der Waals surface area (Å²) >= 11 is 4.19. The molecule has 0 unspecified atom stereocenters. The van der Waals surface area contributed by atoms with Gasteiger partial charge in [-0.2, -0.15) is 0 Å². The Morgan fingerprint density at radius 1 is 1.04 bits per heavy atom. The third-order valence-electron chi connectivity index (χ3n) is 4.33. The minimum atomic E-state index is -1.04. The zero-order chi connectivity index (χ0) is 19.9. The van der Waals surface area contributed by atoms with Crippen molar-refractivity contribution in [1.82, 2.24) is 4.98 Å². The zero-order valence-electron chi connectivity index (χ0n) is 16.2. The second kappa shape index (κ2) is 6.95. The van der Waals surface area contributed by atoms with Gasteiger partial charge in [-0.1, -0.05) is 53.7 Å². The lowest BCUT2D eigenvalue weighted by Gasteiger charge is -2.28. The number of nitrogens with zero attached hydrogens (tertiary/aromatic N) is 1. The molecule has 0 saturated heterocycles. The predicted molar refractivity (Wildman–Crippen MR) is 107 cm³/mol. The van der Waals surface area contributed by atoms with Gasteiger partial charge >= 0.3 is 5.97 Å². The van der Waals surface area contributed by atoms with Crippen LogP contribution in [0.1, 0.15) is 74.3 Å². The molecule has 140 valence electrons. The number of pyridine rings is 1. The Kier molecular flexibility index (Phi) is 5.43. The summed E-state index contributed by atoms with van der Waals surface area (Å²) < 4.78 is 0. The van der Waals surface area contributed by atoms with Crippen molar-refractivity contribution in [3.8, 4) is 5.75 Å². The molecule has 0 atom stereocenters. The molecule has 1 heterocycles. The molecule has 2 N–H and O–H groups in total. The maximum absolute atomic E-state index is 11.1. The molecule has 0 aliphatic carbocycles. The van der Waals surface area contributed by atoms with Gasteiger partial charge in [0.2, 0.25) is 0 Å². The van der Waals surface area contributed by atoms with Crippen LogP contribution in [0.4, 0.5) is 0 Å². The van der Waals surface area contributed by atoms with E-state index >= 15 is 0 Å². The van der Waals surface area contributed by atoms with Gasteiger partial charge in [-0.15, -0.1) is 12.6 Å². The van der Waals surface area contributed by atoms with Gasteiger partial charge < -0.3 is 10.2 Å². The van der Waals surface area contributed by atoms with Gasteiger partial charge in [0.15, 0.2) is 0 Å². The monoisotopic (exact) mass is 373 g/mol. The van der Waals surface area contributed by atoms with Crippen LogP contribution in [-0.4, -0.2) is 21.2 Å². The Morgan fingerprint density at radius 3 is 1.92 bits per heavy atom. The van der Waals surface area contributed by atoms with Crippen molar-refractivity contribution < 1.29 is 15.0 Å². The highest BCUT2D eigenvalue weighted by Crippen LogP contribution is 2.40. The van der Waals surface area contributed by atoms with Crippen molar-refractivity contribution in [3.63, 3.8) is 0 Å². The van der Waals surface area contributed by atoms with Crippen molar-refractivity contribution in [3.05, 3.63) is 52.2 Å². The zero-order valence-corrected chi connectivity index (χ0v) is 17.1.